The monoisotopic (exact) mass is 249 g/mol. The van der Waals surface area contributed by atoms with Gasteiger partial charge in [0, 0.05) is 13.2 Å². The summed E-state index contributed by atoms with van der Waals surface area (Å²) < 4.78 is 9.72. The maximum atomic E-state index is 11.6. The zero-order chi connectivity index (χ0) is 12.0. The Morgan fingerprint density at radius 1 is 1.56 bits per heavy atom. The topological polar surface area (TPSA) is 64.6 Å². The minimum atomic E-state index is -0.849. The number of alkyl halides is 1. The smallest absolute Gasteiger partial charge is 0.325 e. The molecule has 2 atom stereocenters. The Morgan fingerprint density at radius 2 is 2.31 bits per heavy atom. The van der Waals surface area contributed by atoms with Gasteiger partial charge in [0.25, 0.3) is 0 Å². The van der Waals surface area contributed by atoms with Crippen LogP contribution in [0.15, 0.2) is 0 Å². The van der Waals surface area contributed by atoms with Crippen LogP contribution in [0.2, 0.25) is 0 Å². The summed E-state index contributed by atoms with van der Waals surface area (Å²) in [5, 5.41) is 1.72. The standard InChI is InChI=1S/C10H16ClNO4/c1-15-10(14)7(11)6-12-9(13)8-4-2-3-5-16-8/h7-8H,2-6H2,1H3,(H,12,13). The van der Waals surface area contributed by atoms with E-state index < -0.39 is 17.5 Å². The minimum Gasteiger partial charge on any atom is -0.468 e. The third-order valence-electron chi connectivity index (χ3n) is 2.38. The number of carbonyl (C=O) groups excluding carboxylic acids is 2. The van der Waals surface area contributed by atoms with Crippen LogP contribution in [0, 0.1) is 0 Å². The normalized spacial score (nSPS) is 22.2. The van der Waals surface area contributed by atoms with Gasteiger partial charge in [-0.1, -0.05) is 0 Å². The number of esters is 1. The van der Waals surface area contributed by atoms with Crippen molar-refractivity contribution in [3.05, 3.63) is 0 Å². The molecule has 16 heavy (non-hydrogen) atoms. The molecule has 0 aliphatic carbocycles. The predicted molar refractivity (Wildman–Crippen MR) is 58.3 cm³/mol. The first-order chi connectivity index (χ1) is 7.65. The fourth-order valence-corrected chi connectivity index (χ4v) is 1.63. The Morgan fingerprint density at radius 3 is 2.88 bits per heavy atom. The molecule has 1 saturated heterocycles. The summed E-state index contributed by atoms with van der Waals surface area (Å²) in [5.74, 6) is -0.763. The SMILES string of the molecule is COC(=O)C(Cl)CNC(=O)C1CCCCO1. The van der Waals surface area contributed by atoms with Crippen LogP contribution in [0.4, 0.5) is 0 Å². The Hall–Kier alpha value is -0.810. The largest absolute Gasteiger partial charge is 0.468 e. The molecule has 2 unspecified atom stereocenters. The highest BCUT2D eigenvalue weighted by Crippen LogP contribution is 2.12. The zero-order valence-electron chi connectivity index (χ0n) is 9.20. The molecule has 1 fully saturated rings. The second-order valence-electron chi connectivity index (χ2n) is 3.59. The lowest BCUT2D eigenvalue weighted by Gasteiger charge is -2.22. The maximum Gasteiger partial charge on any atom is 0.325 e. The van der Waals surface area contributed by atoms with E-state index in [-0.39, 0.29) is 12.5 Å². The number of amides is 1. The summed E-state index contributed by atoms with van der Waals surface area (Å²) >= 11 is 5.68. The Balaban J connectivity index is 2.26. The van der Waals surface area contributed by atoms with Gasteiger partial charge in [-0.3, -0.25) is 9.59 Å². The average Bonchev–Trinajstić information content (AvgIpc) is 2.35. The first kappa shape index (κ1) is 13.3. The molecule has 0 aromatic rings. The summed E-state index contributed by atoms with van der Waals surface area (Å²) in [6.07, 6.45) is 2.29. The molecule has 0 radical (unpaired) electrons. The molecular weight excluding hydrogens is 234 g/mol. The van der Waals surface area contributed by atoms with Crippen molar-refractivity contribution in [2.45, 2.75) is 30.7 Å². The highest BCUT2D eigenvalue weighted by atomic mass is 35.5. The molecule has 0 aromatic carbocycles. The van der Waals surface area contributed by atoms with Gasteiger partial charge < -0.3 is 14.8 Å². The molecule has 0 bridgehead atoms. The molecule has 92 valence electrons. The molecule has 5 nitrogen and oxygen atoms in total. The van der Waals surface area contributed by atoms with E-state index in [1.807, 2.05) is 0 Å². The van der Waals surface area contributed by atoms with Crippen molar-refractivity contribution in [2.75, 3.05) is 20.3 Å². The molecule has 1 amide bonds. The number of carbonyl (C=O) groups is 2. The molecule has 1 N–H and O–H groups in total. The van der Waals surface area contributed by atoms with Crippen LogP contribution >= 0.6 is 11.6 Å². The zero-order valence-corrected chi connectivity index (χ0v) is 9.96. The lowest BCUT2D eigenvalue weighted by atomic mass is 10.1. The van der Waals surface area contributed by atoms with Crippen molar-refractivity contribution in [3.63, 3.8) is 0 Å². The first-order valence-corrected chi connectivity index (χ1v) is 5.70. The first-order valence-electron chi connectivity index (χ1n) is 5.26. The molecule has 6 heteroatoms. The summed E-state index contributed by atoms with van der Waals surface area (Å²) in [5.41, 5.74) is 0. The number of hydrogen-bond acceptors (Lipinski definition) is 4. The van der Waals surface area contributed by atoms with Gasteiger partial charge in [0.05, 0.1) is 7.11 Å². The Labute approximate surface area is 99.4 Å². The van der Waals surface area contributed by atoms with Crippen LogP contribution in [0.3, 0.4) is 0 Å². The van der Waals surface area contributed by atoms with Gasteiger partial charge in [0.1, 0.15) is 11.5 Å². The maximum absolute atomic E-state index is 11.6. The van der Waals surface area contributed by atoms with Gasteiger partial charge in [0.15, 0.2) is 0 Å². The molecule has 1 rings (SSSR count). The third-order valence-corrected chi connectivity index (χ3v) is 2.72. The number of rotatable bonds is 4. The quantitative estimate of drug-likeness (QED) is 0.581. The molecule has 0 spiro atoms. The third kappa shape index (κ3) is 3.98. The second-order valence-corrected chi connectivity index (χ2v) is 4.12. The fourth-order valence-electron chi connectivity index (χ4n) is 1.46. The van der Waals surface area contributed by atoms with Gasteiger partial charge >= 0.3 is 5.97 Å². The van der Waals surface area contributed by atoms with Gasteiger partial charge in [-0.05, 0) is 19.3 Å². The lowest BCUT2D eigenvalue weighted by Crippen LogP contribution is -2.42. The molecule has 1 aliphatic heterocycles. The summed E-state index contributed by atoms with van der Waals surface area (Å²) in [6, 6.07) is 0. The van der Waals surface area contributed by atoms with E-state index in [1.165, 1.54) is 7.11 Å². The number of ether oxygens (including phenoxy) is 2. The van der Waals surface area contributed by atoms with E-state index in [9.17, 15) is 9.59 Å². The summed E-state index contributed by atoms with van der Waals surface area (Å²) in [7, 11) is 1.25. The van der Waals surface area contributed by atoms with E-state index >= 15 is 0 Å². The van der Waals surface area contributed by atoms with Gasteiger partial charge in [0.2, 0.25) is 5.91 Å². The van der Waals surface area contributed by atoms with Crippen LogP contribution in [0.1, 0.15) is 19.3 Å². The summed E-state index contributed by atoms with van der Waals surface area (Å²) in [6.45, 7) is 0.673. The van der Waals surface area contributed by atoms with Crippen molar-refractivity contribution < 1.29 is 19.1 Å². The lowest BCUT2D eigenvalue weighted by molar-refractivity contribution is -0.140. The van der Waals surface area contributed by atoms with Gasteiger partial charge in [-0.25, -0.2) is 0 Å². The fraction of sp³-hybridized carbons (Fsp3) is 0.800. The van der Waals surface area contributed by atoms with E-state index in [0.29, 0.717) is 6.61 Å². The molecular formula is C10H16ClNO4. The number of methoxy groups -OCH3 is 1. The second kappa shape index (κ2) is 6.70. The van der Waals surface area contributed by atoms with E-state index in [0.717, 1.165) is 19.3 Å². The predicted octanol–water partition coefficient (Wildman–Crippen LogP) is 0.452. The number of hydrogen-bond donors (Lipinski definition) is 1. The average molecular weight is 250 g/mol. The van der Waals surface area contributed by atoms with E-state index in [1.54, 1.807) is 0 Å². The highest BCUT2D eigenvalue weighted by molar-refractivity contribution is 6.30. The van der Waals surface area contributed by atoms with Crippen molar-refractivity contribution in [2.24, 2.45) is 0 Å². The molecule has 1 heterocycles. The molecule has 0 saturated carbocycles. The van der Waals surface area contributed by atoms with Crippen LogP contribution < -0.4 is 5.32 Å². The highest BCUT2D eigenvalue weighted by Gasteiger charge is 2.23. The van der Waals surface area contributed by atoms with Crippen LogP contribution in [-0.4, -0.2) is 43.6 Å². The van der Waals surface area contributed by atoms with Crippen molar-refractivity contribution in [1.82, 2.24) is 5.32 Å². The van der Waals surface area contributed by atoms with Crippen molar-refractivity contribution in [3.8, 4) is 0 Å². The van der Waals surface area contributed by atoms with Gasteiger partial charge in [-0.15, -0.1) is 11.6 Å². The Kier molecular flexibility index (Phi) is 5.55. The van der Waals surface area contributed by atoms with Crippen LogP contribution in [-0.2, 0) is 19.1 Å². The van der Waals surface area contributed by atoms with Crippen LogP contribution in [0.25, 0.3) is 0 Å². The minimum absolute atomic E-state index is 0.0624. The van der Waals surface area contributed by atoms with E-state index in [2.05, 4.69) is 10.1 Å². The Bertz CT molecular complexity index is 253. The van der Waals surface area contributed by atoms with Crippen molar-refractivity contribution >= 4 is 23.5 Å². The van der Waals surface area contributed by atoms with Gasteiger partial charge in [-0.2, -0.15) is 0 Å². The van der Waals surface area contributed by atoms with Crippen LogP contribution in [0.5, 0.6) is 0 Å². The summed E-state index contributed by atoms with van der Waals surface area (Å²) in [4.78, 5) is 22.5. The number of halogens is 1. The molecule has 0 aromatic heterocycles. The van der Waals surface area contributed by atoms with E-state index in [4.69, 9.17) is 16.3 Å². The molecule has 1 aliphatic rings. The number of nitrogens with one attached hydrogen (secondary N) is 1. The van der Waals surface area contributed by atoms with Crippen molar-refractivity contribution in [1.29, 1.82) is 0 Å².